The number of nitrogen functional groups attached to an aromatic ring is 1. The van der Waals surface area contributed by atoms with E-state index in [1.807, 2.05) is 24.3 Å². The van der Waals surface area contributed by atoms with E-state index >= 15 is 0 Å². The van der Waals surface area contributed by atoms with Crippen LogP contribution in [0.5, 0.6) is 0 Å². The normalized spacial score (nSPS) is 12.7. The van der Waals surface area contributed by atoms with Gasteiger partial charge in [-0.15, -0.1) is 0 Å². The summed E-state index contributed by atoms with van der Waals surface area (Å²) in [4.78, 5) is 2.18. The van der Waals surface area contributed by atoms with Gasteiger partial charge in [0.1, 0.15) is 0 Å². The minimum Gasteiger partial charge on any atom is -0.399 e. The molecule has 0 fully saturated rings. The highest BCUT2D eigenvalue weighted by Crippen LogP contribution is 2.28. The zero-order chi connectivity index (χ0) is 13.1. The van der Waals surface area contributed by atoms with E-state index in [0.717, 1.165) is 10.7 Å². The Labute approximate surface area is 113 Å². The predicted octanol–water partition coefficient (Wildman–Crippen LogP) is 3.57. The molecule has 0 aliphatic carbocycles. The zero-order valence-electron chi connectivity index (χ0n) is 10.6. The van der Waals surface area contributed by atoms with E-state index in [2.05, 4.69) is 43.3 Å². The molecular weight excluding hydrogens is 244 g/mol. The van der Waals surface area contributed by atoms with E-state index in [-0.39, 0.29) is 6.04 Å². The van der Waals surface area contributed by atoms with E-state index < -0.39 is 0 Å². The van der Waals surface area contributed by atoms with Crippen molar-refractivity contribution >= 4 is 17.3 Å². The standard InChI is InChI=1S/C15H17ClN2/c1-18(2)15(11-3-7-13(16)8-4-11)12-5-9-14(17)10-6-12/h3-10,15H,17H2,1-2H3. The minimum atomic E-state index is 0.211. The van der Waals surface area contributed by atoms with Crippen LogP contribution < -0.4 is 5.73 Å². The molecule has 0 spiro atoms. The molecule has 2 nitrogen and oxygen atoms in total. The highest BCUT2D eigenvalue weighted by Gasteiger charge is 2.16. The van der Waals surface area contributed by atoms with Gasteiger partial charge in [0, 0.05) is 10.7 Å². The first-order valence-corrected chi connectivity index (χ1v) is 6.23. The summed E-state index contributed by atoms with van der Waals surface area (Å²) in [6.07, 6.45) is 0. The van der Waals surface area contributed by atoms with Crippen LogP contribution in [0.25, 0.3) is 0 Å². The third kappa shape index (κ3) is 2.84. The number of hydrogen-bond acceptors (Lipinski definition) is 2. The molecular formula is C15H17ClN2. The topological polar surface area (TPSA) is 29.3 Å². The highest BCUT2D eigenvalue weighted by molar-refractivity contribution is 6.30. The summed E-state index contributed by atoms with van der Waals surface area (Å²) in [6.45, 7) is 0. The Kier molecular flexibility index (Phi) is 3.90. The molecule has 3 heteroatoms. The van der Waals surface area contributed by atoms with Crippen LogP contribution in [0.4, 0.5) is 5.69 Å². The van der Waals surface area contributed by atoms with Crippen molar-refractivity contribution < 1.29 is 0 Å². The van der Waals surface area contributed by atoms with Crippen LogP contribution in [0.1, 0.15) is 17.2 Å². The second-order valence-electron chi connectivity index (χ2n) is 4.58. The second kappa shape index (κ2) is 5.42. The van der Waals surface area contributed by atoms with E-state index in [9.17, 15) is 0 Å². The quantitative estimate of drug-likeness (QED) is 0.855. The largest absolute Gasteiger partial charge is 0.399 e. The third-order valence-corrected chi connectivity index (χ3v) is 3.21. The number of benzene rings is 2. The molecule has 1 unspecified atom stereocenters. The van der Waals surface area contributed by atoms with Gasteiger partial charge in [-0.3, -0.25) is 4.90 Å². The van der Waals surface area contributed by atoms with Crippen molar-refractivity contribution in [2.24, 2.45) is 0 Å². The van der Waals surface area contributed by atoms with Crippen molar-refractivity contribution in [2.45, 2.75) is 6.04 Å². The summed E-state index contributed by atoms with van der Waals surface area (Å²) in [7, 11) is 4.13. The van der Waals surface area contributed by atoms with Crippen LogP contribution in [-0.2, 0) is 0 Å². The van der Waals surface area contributed by atoms with Crippen LogP contribution in [0, 0.1) is 0 Å². The summed E-state index contributed by atoms with van der Waals surface area (Å²) in [5.74, 6) is 0. The average Bonchev–Trinajstić information content (AvgIpc) is 2.34. The van der Waals surface area contributed by atoms with Gasteiger partial charge in [0.05, 0.1) is 6.04 Å². The van der Waals surface area contributed by atoms with E-state index in [1.165, 1.54) is 11.1 Å². The molecule has 0 aromatic heterocycles. The molecule has 1 atom stereocenters. The Bertz CT molecular complexity index is 458. The van der Waals surface area contributed by atoms with Gasteiger partial charge in [-0.25, -0.2) is 0 Å². The van der Waals surface area contributed by atoms with Crippen molar-refractivity contribution in [3.05, 3.63) is 64.7 Å². The Morgan fingerprint density at radius 3 is 1.78 bits per heavy atom. The molecule has 0 heterocycles. The molecule has 2 N–H and O–H groups in total. The van der Waals surface area contributed by atoms with Crippen molar-refractivity contribution in [1.29, 1.82) is 0 Å². The van der Waals surface area contributed by atoms with Gasteiger partial charge in [-0.2, -0.15) is 0 Å². The summed E-state index contributed by atoms with van der Waals surface area (Å²) in [5.41, 5.74) is 8.95. The molecule has 0 saturated heterocycles. The zero-order valence-corrected chi connectivity index (χ0v) is 11.4. The molecule has 18 heavy (non-hydrogen) atoms. The van der Waals surface area contributed by atoms with E-state index in [4.69, 9.17) is 17.3 Å². The first-order valence-electron chi connectivity index (χ1n) is 5.85. The summed E-state index contributed by atoms with van der Waals surface area (Å²) < 4.78 is 0. The lowest BCUT2D eigenvalue weighted by Crippen LogP contribution is -2.21. The maximum Gasteiger partial charge on any atom is 0.0596 e. The molecule has 2 aromatic carbocycles. The van der Waals surface area contributed by atoms with E-state index in [0.29, 0.717) is 0 Å². The fourth-order valence-electron chi connectivity index (χ4n) is 2.11. The van der Waals surface area contributed by atoms with Crippen LogP contribution in [-0.4, -0.2) is 19.0 Å². The lowest BCUT2D eigenvalue weighted by molar-refractivity contribution is 0.342. The van der Waals surface area contributed by atoms with E-state index in [1.54, 1.807) is 0 Å². The maximum atomic E-state index is 5.93. The molecule has 0 bridgehead atoms. The molecule has 0 saturated carbocycles. The molecule has 2 rings (SSSR count). The van der Waals surface area contributed by atoms with Gasteiger partial charge in [0.15, 0.2) is 0 Å². The first kappa shape index (κ1) is 12.9. The van der Waals surface area contributed by atoms with Crippen LogP contribution in [0.2, 0.25) is 5.02 Å². The van der Waals surface area contributed by atoms with Crippen molar-refractivity contribution in [3.8, 4) is 0 Å². The maximum absolute atomic E-state index is 5.93. The summed E-state index contributed by atoms with van der Waals surface area (Å²) in [5, 5.41) is 0.758. The third-order valence-electron chi connectivity index (χ3n) is 2.95. The van der Waals surface area contributed by atoms with Gasteiger partial charge in [0.25, 0.3) is 0 Å². The highest BCUT2D eigenvalue weighted by atomic mass is 35.5. The van der Waals surface area contributed by atoms with Crippen LogP contribution in [0.15, 0.2) is 48.5 Å². The number of nitrogens with two attached hydrogens (primary N) is 1. The van der Waals surface area contributed by atoms with Gasteiger partial charge in [-0.05, 0) is 49.5 Å². The van der Waals surface area contributed by atoms with Gasteiger partial charge in [-0.1, -0.05) is 35.9 Å². The van der Waals surface area contributed by atoms with Gasteiger partial charge >= 0.3 is 0 Å². The molecule has 0 radical (unpaired) electrons. The molecule has 2 aromatic rings. The predicted molar refractivity (Wildman–Crippen MR) is 77.8 cm³/mol. The van der Waals surface area contributed by atoms with Crippen molar-refractivity contribution in [3.63, 3.8) is 0 Å². The number of nitrogens with zero attached hydrogens (tertiary/aromatic N) is 1. The van der Waals surface area contributed by atoms with Crippen LogP contribution >= 0.6 is 11.6 Å². The second-order valence-corrected chi connectivity index (χ2v) is 5.02. The molecule has 94 valence electrons. The van der Waals surface area contributed by atoms with Gasteiger partial charge in [0.2, 0.25) is 0 Å². The van der Waals surface area contributed by atoms with Gasteiger partial charge < -0.3 is 5.73 Å². The SMILES string of the molecule is CN(C)C(c1ccc(N)cc1)c1ccc(Cl)cc1. The lowest BCUT2D eigenvalue weighted by Gasteiger charge is -2.25. The molecule has 0 amide bonds. The fraction of sp³-hybridized carbons (Fsp3) is 0.200. The Balaban J connectivity index is 2.39. The average molecular weight is 261 g/mol. The fourth-order valence-corrected chi connectivity index (χ4v) is 2.24. The Hall–Kier alpha value is -1.51. The van der Waals surface area contributed by atoms with Crippen LogP contribution in [0.3, 0.4) is 0 Å². The smallest absolute Gasteiger partial charge is 0.0596 e. The number of halogens is 1. The Morgan fingerprint density at radius 2 is 1.33 bits per heavy atom. The number of rotatable bonds is 3. The van der Waals surface area contributed by atoms with Crippen molar-refractivity contribution in [2.75, 3.05) is 19.8 Å². The molecule has 0 aliphatic heterocycles. The monoisotopic (exact) mass is 260 g/mol. The minimum absolute atomic E-state index is 0.211. The van der Waals surface area contributed by atoms with Crippen molar-refractivity contribution in [1.82, 2.24) is 4.90 Å². The first-order chi connectivity index (χ1) is 8.58. The molecule has 0 aliphatic rings. The lowest BCUT2D eigenvalue weighted by atomic mass is 9.97. The number of hydrogen-bond donors (Lipinski definition) is 1. The summed E-state index contributed by atoms with van der Waals surface area (Å²) >= 11 is 5.93. The number of anilines is 1. The summed E-state index contributed by atoms with van der Waals surface area (Å²) in [6, 6.07) is 16.2. The Morgan fingerprint density at radius 1 is 0.889 bits per heavy atom.